The first-order valence-corrected chi connectivity index (χ1v) is 10.6. The third kappa shape index (κ3) is 3.79. The fourth-order valence-electron chi connectivity index (χ4n) is 5.65. The predicted molar refractivity (Wildman–Crippen MR) is 108 cm³/mol. The molecule has 27 heavy (non-hydrogen) atoms. The molecule has 4 rings (SSSR count). The Kier molecular flexibility index (Phi) is 5.30. The average Bonchev–Trinajstić information content (AvgIpc) is 2.68. The number of fused-ring (bicyclic) bond motifs is 4. The second-order valence-electron chi connectivity index (χ2n) is 9.32. The molecule has 3 aliphatic rings. The summed E-state index contributed by atoms with van der Waals surface area (Å²) in [5.41, 5.74) is 0.741. The molecule has 0 N–H and O–H groups in total. The van der Waals surface area contributed by atoms with Crippen LogP contribution in [0.3, 0.4) is 0 Å². The summed E-state index contributed by atoms with van der Waals surface area (Å²) in [6.07, 6.45) is 6.37. The van der Waals surface area contributed by atoms with Crippen molar-refractivity contribution in [2.45, 2.75) is 63.6 Å². The summed E-state index contributed by atoms with van der Waals surface area (Å²) in [5, 5.41) is 0. The number of ether oxygens (including phenoxy) is 1. The molecule has 0 aliphatic carbocycles. The number of carbonyl (C=O) groups excluding carboxylic acids is 1. The topological polar surface area (TPSA) is 32.8 Å². The SMILES string of the molecule is COC(C)(C)C(=O)N1C[C@@H]2C[C@H](C1)[C@@H]1CCC[C@H](Cc3ccccc3)N1C2. The number of hydrogen-bond acceptors (Lipinski definition) is 3. The van der Waals surface area contributed by atoms with Crippen molar-refractivity contribution in [2.24, 2.45) is 11.8 Å². The van der Waals surface area contributed by atoms with Gasteiger partial charge in [0.1, 0.15) is 5.60 Å². The fraction of sp³-hybridized carbons (Fsp3) is 0.696. The number of benzene rings is 1. The highest BCUT2D eigenvalue weighted by atomic mass is 16.5. The van der Waals surface area contributed by atoms with Crippen molar-refractivity contribution in [1.82, 2.24) is 9.80 Å². The van der Waals surface area contributed by atoms with E-state index in [9.17, 15) is 4.79 Å². The Morgan fingerprint density at radius 3 is 2.67 bits per heavy atom. The number of hydrogen-bond donors (Lipinski definition) is 0. The molecule has 0 radical (unpaired) electrons. The molecule has 4 nitrogen and oxygen atoms in total. The van der Waals surface area contributed by atoms with Crippen LogP contribution in [0.4, 0.5) is 0 Å². The van der Waals surface area contributed by atoms with E-state index in [1.807, 2.05) is 13.8 Å². The summed E-state index contributed by atoms with van der Waals surface area (Å²) >= 11 is 0. The fourth-order valence-corrected chi connectivity index (χ4v) is 5.65. The highest BCUT2D eigenvalue weighted by molar-refractivity contribution is 5.84. The summed E-state index contributed by atoms with van der Waals surface area (Å²) in [4.78, 5) is 17.9. The molecular weight excluding hydrogens is 336 g/mol. The highest BCUT2D eigenvalue weighted by Crippen LogP contribution is 2.40. The minimum absolute atomic E-state index is 0.157. The van der Waals surface area contributed by atoms with Crippen molar-refractivity contribution in [2.75, 3.05) is 26.7 Å². The number of likely N-dealkylation sites (tertiary alicyclic amines) is 1. The third-order valence-corrected chi connectivity index (χ3v) is 7.14. The maximum Gasteiger partial charge on any atom is 0.254 e. The Morgan fingerprint density at radius 1 is 1.15 bits per heavy atom. The minimum atomic E-state index is -0.715. The van der Waals surface area contributed by atoms with E-state index in [1.165, 1.54) is 31.2 Å². The Balaban J connectivity index is 1.47. The van der Waals surface area contributed by atoms with E-state index >= 15 is 0 Å². The van der Waals surface area contributed by atoms with Gasteiger partial charge in [0.2, 0.25) is 0 Å². The Labute approximate surface area is 163 Å². The number of rotatable bonds is 4. The van der Waals surface area contributed by atoms with Gasteiger partial charge in [-0.25, -0.2) is 0 Å². The lowest BCUT2D eigenvalue weighted by atomic mass is 9.74. The van der Waals surface area contributed by atoms with Crippen LogP contribution in [-0.4, -0.2) is 60.1 Å². The van der Waals surface area contributed by atoms with Gasteiger partial charge >= 0.3 is 0 Å². The number of piperidine rings is 3. The van der Waals surface area contributed by atoms with Crippen molar-refractivity contribution < 1.29 is 9.53 Å². The lowest BCUT2D eigenvalue weighted by Crippen LogP contribution is -2.64. The molecule has 0 spiro atoms. The largest absolute Gasteiger partial charge is 0.369 e. The first-order valence-electron chi connectivity index (χ1n) is 10.6. The molecular formula is C23H34N2O2. The first-order chi connectivity index (χ1) is 13.0. The van der Waals surface area contributed by atoms with Gasteiger partial charge < -0.3 is 9.64 Å². The molecule has 0 aromatic heterocycles. The minimum Gasteiger partial charge on any atom is -0.369 e. The van der Waals surface area contributed by atoms with Crippen molar-refractivity contribution in [3.05, 3.63) is 35.9 Å². The standard InChI is InChI=1S/C23H34N2O2/c1-23(2,27-3)22(26)24-14-18-12-19(16-24)21-11-7-10-20(25(21)15-18)13-17-8-5-4-6-9-17/h4-6,8-9,18-21H,7,10-16H2,1-3H3/t18-,19+,20+,21-/m0/s1. The molecule has 0 saturated carbocycles. The van der Waals surface area contributed by atoms with Crippen LogP contribution in [-0.2, 0) is 16.0 Å². The Bertz CT molecular complexity index is 660. The molecule has 148 valence electrons. The van der Waals surface area contributed by atoms with E-state index in [0.717, 1.165) is 26.1 Å². The monoisotopic (exact) mass is 370 g/mol. The van der Waals surface area contributed by atoms with Crippen molar-refractivity contribution in [3.8, 4) is 0 Å². The lowest BCUT2D eigenvalue weighted by Gasteiger charge is -2.55. The molecule has 3 saturated heterocycles. The number of amides is 1. The quantitative estimate of drug-likeness (QED) is 0.815. The van der Waals surface area contributed by atoms with Crippen molar-refractivity contribution in [1.29, 1.82) is 0 Å². The molecule has 3 heterocycles. The van der Waals surface area contributed by atoms with Crippen LogP contribution in [0.25, 0.3) is 0 Å². The van der Waals surface area contributed by atoms with Gasteiger partial charge in [0.05, 0.1) is 0 Å². The summed E-state index contributed by atoms with van der Waals surface area (Å²) in [7, 11) is 1.64. The van der Waals surface area contributed by atoms with Gasteiger partial charge in [0, 0.05) is 38.8 Å². The maximum atomic E-state index is 12.9. The molecule has 2 bridgehead atoms. The van der Waals surface area contributed by atoms with Crippen LogP contribution in [0.15, 0.2) is 30.3 Å². The number of nitrogens with zero attached hydrogens (tertiary/aromatic N) is 2. The van der Waals surface area contributed by atoms with Crippen LogP contribution in [0.2, 0.25) is 0 Å². The maximum absolute atomic E-state index is 12.9. The van der Waals surface area contributed by atoms with Gasteiger partial charge in [-0.1, -0.05) is 36.8 Å². The molecule has 0 unspecified atom stereocenters. The van der Waals surface area contributed by atoms with Gasteiger partial charge in [-0.15, -0.1) is 0 Å². The molecule has 1 amide bonds. The summed E-state index contributed by atoms with van der Waals surface area (Å²) in [5.74, 6) is 1.38. The number of methoxy groups -OCH3 is 1. The molecule has 1 aromatic carbocycles. The van der Waals surface area contributed by atoms with Gasteiger partial charge in [0.25, 0.3) is 5.91 Å². The van der Waals surface area contributed by atoms with E-state index < -0.39 is 5.60 Å². The zero-order chi connectivity index (χ0) is 19.0. The lowest BCUT2D eigenvalue weighted by molar-refractivity contribution is -0.158. The summed E-state index contributed by atoms with van der Waals surface area (Å²) < 4.78 is 5.46. The van der Waals surface area contributed by atoms with E-state index in [2.05, 4.69) is 40.1 Å². The van der Waals surface area contributed by atoms with Crippen molar-refractivity contribution in [3.63, 3.8) is 0 Å². The molecule has 1 aromatic rings. The molecule has 4 heteroatoms. The Hall–Kier alpha value is -1.39. The zero-order valence-corrected chi connectivity index (χ0v) is 17.1. The average molecular weight is 371 g/mol. The number of carbonyl (C=O) groups is 1. The van der Waals surface area contributed by atoms with Crippen molar-refractivity contribution >= 4 is 5.91 Å². The van der Waals surface area contributed by atoms with E-state index in [-0.39, 0.29) is 5.91 Å². The molecule has 3 fully saturated rings. The van der Waals surface area contributed by atoms with Gasteiger partial charge in [-0.2, -0.15) is 0 Å². The molecule has 4 atom stereocenters. The summed E-state index contributed by atoms with van der Waals surface area (Å²) in [6.45, 7) is 6.73. The third-order valence-electron chi connectivity index (χ3n) is 7.14. The second-order valence-corrected chi connectivity index (χ2v) is 9.32. The van der Waals surface area contributed by atoms with Crippen LogP contribution in [0, 0.1) is 11.8 Å². The second kappa shape index (κ2) is 7.56. The van der Waals surface area contributed by atoms with E-state index in [0.29, 0.717) is 23.9 Å². The van der Waals surface area contributed by atoms with Gasteiger partial charge in [-0.05, 0) is 56.9 Å². The van der Waals surface area contributed by atoms with Crippen LogP contribution >= 0.6 is 0 Å². The van der Waals surface area contributed by atoms with Crippen LogP contribution in [0.5, 0.6) is 0 Å². The van der Waals surface area contributed by atoms with Crippen LogP contribution in [0.1, 0.15) is 45.1 Å². The van der Waals surface area contributed by atoms with Gasteiger partial charge in [-0.3, -0.25) is 9.69 Å². The predicted octanol–water partition coefficient (Wildman–Crippen LogP) is 3.36. The first kappa shape index (κ1) is 18.9. The van der Waals surface area contributed by atoms with Crippen LogP contribution < -0.4 is 0 Å². The highest BCUT2D eigenvalue weighted by Gasteiger charge is 2.46. The smallest absolute Gasteiger partial charge is 0.254 e. The van der Waals surface area contributed by atoms with Gasteiger partial charge in [0.15, 0.2) is 0 Å². The van der Waals surface area contributed by atoms with E-state index in [4.69, 9.17) is 4.74 Å². The van der Waals surface area contributed by atoms with E-state index in [1.54, 1.807) is 7.11 Å². The normalized spacial score (nSPS) is 31.4. The summed E-state index contributed by atoms with van der Waals surface area (Å²) in [6, 6.07) is 12.2. The molecule has 3 aliphatic heterocycles. The Morgan fingerprint density at radius 2 is 1.93 bits per heavy atom. The zero-order valence-electron chi connectivity index (χ0n) is 17.1.